The number of rotatable bonds is 2. The smallest absolute Gasteiger partial charge is 0.433 e. The molecule has 1 aliphatic carbocycles. The van der Waals surface area contributed by atoms with Gasteiger partial charge in [0.15, 0.2) is 6.23 Å². The molecule has 0 spiro atoms. The average molecular weight is 408 g/mol. The van der Waals surface area contributed by atoms with Crippen LogP contribution in [-0.2, 0) is 10.3 Å². The van der Waals surface area contributed by atoms with Crippen LogP contribution in [0, 0.1) is 17.8 Å². The van der Waals surface area contributed by atoms with E-state index in [2.05, 4.69) is 17.2 Å². The molecule has 0 radical (unpaired) electrons. The second kappa shape index (κ2) is 6.91. The molecule has 4 rings (SSSR count). The van der Waals surface area contributed by atoms with Crippen LogP contribution in [0.2, 0.25) is 5.02 Å². The molecule has 0 amide bonds. The maximum atomic E-state index is 14.4. The molecule has 1 N–H and O–H groups in total. The van der Waals surface area contributed by atoms with Gasteiger partial charge in [-0.15, -0.1) is 0 Å². The van der Waals surface area contributed by atoms with Crippen LogP contribution < -0.4 is 10.1 Å². The summed E-state index contributed by atoms with van der Waals surface area (Å²) in [7, 11) is 1.52. The normalized spacial score (nSPS) is 23.8. The lowest BCUT2D eigenvalue weighted by atomic mass is 9.89. The van der Waals surface area contributed by atoms with Crippen molar-refractivity contribution in [3.8, 4) is 17.6 Å². The Balaban J connectivity index is 1.84. The van der Waals surface area contributed by atoms with Crippen molar-refractivity contribution in [2.45, 2.75) is 30.8 Å². The SMILES string of the molecule is COc1ccc([C@@H]2Nc3ccc(Cl)cc3[C@](C#CC3CC3)(C(F)(F)F)O2)cc1. The van der Waals surface area contributed by atoms with Crippen LogP contribution in [0.15, 0.2) is 42.5 Å². The summed E-state index contributed by atoms with van der Waals surface area (Å²) in [5.41, 5.74) is -2.06. The minimum atomic E-state index is -4.75. The van der Waals surface area contributed by atoms with Crippen molar-refractivity contribution in [1.82, 2.24) is 0 Å². The maximum Gasteiger partial charge on any atom is 0.433 e. The first-order chi connectivity index (χ1) is 13.3. The molecule has 1 saturated carbocycles. The third kappa shape index (κ3) is 3.41. The highest BCUT2D eigenvalue weighted by molar-refractivity contribution is 6.30. The molecule has 2 aromatic carbocycles. The Bertz CT molecular complexity index is 945. The second-order valence-electron chi connectivity index (χ2n) is 6.83. The largest absolute Gasteiger partial charge is 0.497 e. The summed E-state index contributed by atoms with van der Waals surface area (Å²) >= 11 is 6.00. The third-order valence-electron chi connectivity index (χ3n) is 4.79. The molecular formula is C21H17ClF3NO2. The van der Waals surface area contributed by atoms with Crippen molar-refractivity contribution in [1.29, 1.82) is 0 Å². The van der Waals surface area contributed by atoms with E-state index >= 15 is 0 Å². The van der Waals surface area contributed by atoms with E-state index < -0.39 is 18.0 Å². The van der Waals surface area contributed by atoms with E-state index in [1.165, 1.54) is 19.2 Å². The highest BCUT2D eigenvalue weighted by atomic mass is 35.5. The second-order valence-corrected chi connectivity index (χ2v) is 7.26. The number of alkyl halides is 3. The summed E-state index contributed by atoms with van der Waals surface area (Å²) in [6.07, 6.45) is -4.16. The van der Waals surface area contributed by atoms with E-state index in [-0.39, 0.29) is 16.5 Å². The van der Waals surface area contributed by atoms with Gasteiger partial charge in [-0.2, -0.15) is 13.2 Å². The van der Waals surface area contributed by atoms with Crippen molar-refractivity contribution in [3.63, 3.8) is 0 Å². The van der Waals surface area contributed by atoms with Crippen molar-refractivity contribution >= 4 is 17.3 Å². The van der Waals surface area contributed by atoms with Crippen LogP contribution in [0.1, 0.15) is 30.2 Å². The Morgan fingerprint density at radius 3 is 2.50 bits per heavy atom. The quantitative estimate of drug-likeness (QED) is 0.651. The van der Waals surface area contributed by atoms with Crippen molar-refractivity contribution in [2.24, 2.45) is 5.92 Å². The first-order valence-electron chi connectivity index (χ1n) is 8.80. The lowest BCUT2D eigenvalue weighted by Gasteiger charge is -2.41. The number of hydrogen-bond acceptors (Lipinski definition) is 3. The molecule has 2 aliphatic rings. The number of ether oxygens (including phenoxy) is 2. The van der Waals surface area contributed by atoms with E-state index in [1.807, 2.05) is 0 Å². The molecule has 1 heterocycles. The van der Waals surface area contributed by atoms with Crippen molar-refractivity contribution < 1.29 is 22.6 Å². The van der Waals surface area contributed by atoms with Gasteiger partial charge >= 0.3 is 6.18 Å². The van der Waals surface area contributed by atoms with Crippen LogP contribution in [0.3, 0.4) is 0 Å². The monoisotopic (exact) mass is 407 g/mol. The van der Waals surface area contributed by atoms with E-state index in [0.717, 1.165) is 12.8 Å². The molecule has 0 aromatic heterocycles. The molecule has 2 atom stereocenters. The zero-order valence-electron chi connectivity index (χ0n) is 14.9. The van der Waals surface area contributed by atoms with Crippen LogP contribution in [0.4, 0.5) is 18.9 Å². The lowest BCUT2D eigenvalue weighted by Crippen LogP contribution is -2.48. The van der Waals surface area contributed by atoms with Gasteiger partial charge in [0.05, 0.1) is 7.11 Å². The van der Waals surface area contributed by atoms with E-state index in [1.54, 1.807) is 30.3 Å². The Kier molecular flexibility index (Phi) is 4.68. The highest BCUT2D eigenvalue weighted by Crippen LogP contribution is 2.51. The molecule has 7 heteroatoms. The molecule has 1 aliphatic heterocycles. The number of fused-ring (bicyclic) bond motifs is 1. The van der Waals surface area contributed by atoms with Crippen molar-refractivity contribution in [2.75, 3.05) is 12.4 Å². The summed E-state index contributed by atoms with van der Waals surface area (Å²) < 4.78 is 53.9. The van der Waals surface area contributed by atoms with Gasteiger partial charge in [0.2, 0.25) is 0 Å². The van der Waals surface area contributed by atoms with Crippen LogP contribution in [0.25, 0.3) is 0 Å². The van der Waals surface area contributed by atoms with Crippen LogP contribution in [-0.4, -0.2) is 13.3 Å². The molecule has 28 heavy (non-hydrogen) atoms. The topological polar surface area (TPSA) is 30.5 Å². The van der Waals surface area contributed by atoms with E-state index in [0.29, 0.717) is 17.0 Å². The van der Waals surface area contributed by atoms with Gasteiger partial charge in [0.1, 0.15) is 5.75 Å². The maximum absolute atomic E-state index is 14.4. The molecular weight excluding hydrogens is 391 g/mol. The molecule has 0 unspecified atom stereocenters. The molecule has 1 fully saturated rings. The zero-order chi connectivity index (χ0) is 19.9. The Labute approximate surface area is 165 Å². The summed E-state index contributed by atoms with van der Waals surface area (Å²) in [6.45, 7) is 0. The fraction of sp³-hybridized carbons (Fsp3) is 0.333. The Hall–Kier alpha value is -2.36. The first kappa shape index (κ1) is 19.0. The van der Waals surface area contributed by atoms with E-state index in [4.69, 9.17) is 21.1 Å². The summed E-state index contributed by atoms with van der Waals surface area (Å²) in [4.78, 5) is 0. The molecule has 0 bridgehead atoms. The fourth-order valence-corrected chi connectivity index (χ4v) is 3.27. The van der Waals surface area contributed by atoms with Crippen LogP contribution >= 0.6 is 11.6 Å². The average Bonchev–Trinajstić information content (AvgIpc) is 3.50. The lowest BCUT2D eigenvalue weighted by molar-refractivity contribution is -0.273. The number of halogens is 4. The molecule has 146 valence electrons. The van der Waals surface area contributed by atoms with Gasteiger partial charge in [-0.3, -0.25) is 0 Å². The zero-order valence-corrected chi connectivity index (χ0v) is 15.7. The van der Waals surface area contributed by atoms with Gasteiger partial charge in [0, 0.05) is 27.8 Å². The Morgan fingerprint density at radius 1 is 1.18 bits per heavy atom. The number of benzene rings is 2. The number of anilines is 1. The fourth-order valence-electron chi connectivity index (χ4n) is 3.09. The summed E-state index contributed by atoms with van der Waals surface area (Å²) in [5, 5.41) is 3.21. The molecule has 2 aromatic rings. The van der Waals surface area contributed by atoms with Crippen molar-refractivity contribution in [3.05, 3.63) is 58.6 Å². The molecule has 0 saturated heterocycles. The number of hydrogen-bond donors (Lipinski definition) is 1. The number of methoxy groups -OCH3 is 1. The Morgan fingerprint density at radius 2 is 1.89 bits per heavy atom. The minimum absolute atomic E-state index is 0.0141. The van der Waals surface area contributed by atoms with Gasteiger partial charge in [-0.1, -0.05) is 35.6 Å². The predicted octanol–water partition coefficient (Wildman–Crippen LogP) is 5.66. The van der Waals surface area contributed by atoms with Gasteiger partial charge in [-0.05, 0) is 43.2 Å². The number of nitrogens with one attached hydrogen (secondary N) is 1. The summed E-state index contributed by atoms with van der Waals surface area (Å²) in [6, 6.07) is 11.0. The highest BCUT2D eigenvalue weighted by Gasteiger charge is 2.61. The third-order valence-corrected chi connectivity index (χ3v) is 5.02. The van der Waals surface area contributed by atoms with Gasteiger partial charge in [0.25, 0.3) is 5.60 Å². The van der Waals surface area contributed by atoms with Crippen LogP contribution in [0.5, 0.6) is 5.75 Å². The van der Waals surface area contributed by atoms with Gasteiger partial charge < -0.3 is 14.8 Å². The first-order valence-corrected chi connectivity index (χ1v) is 9.18. The van der Waals surface area contributed by atoms with E-state index in [9.17, 15) is 13.2 Å². The van der Waals surface area contributed by atoms with Gasteiger partial charge in [-0.25, -0.2) is 0 Å². The minimum Gasteiger partial charge on any atom is -0.497 e. The molecule has 3 nitrogen and oxygen atoms in total. The summed E-state index contributed by atoms with van der Waals surface area (Å²) in [5.74, 6) is 5.75. The predicted molar refractivity (Wildman–Crippen MR) is 100 cm³/mol. The standard InChI is InChI=1S/C21H17ClF3NO2/c1-27-16-7-4-14(5-8-16)19-26-18-9-6-15(22)12-17(18)20(28-19,21(23,24)25)11-10-13-2-3-13/h4-9,12-13,19,26H,2-3H2,1H3/t19-,20-/m1/s1.